The van der Waals surface area contributed by atoms with Gasteiger partial charge >= 0.3 is 0 Å². The minimum absolute atomic E-state index is 0.215. The van der Waals surface area contributed by atoms with Gasteiger partial charge in [-0.2, -0.15) is 4.31 Å². The predicted octanol–water partition coefficient (Wildman–Crippen LogP) is 1.64. The molecule has 0 unspecified atom stereocenters. The monoisotopic (exact) mass is 360 g/mol. The van der Waals surface area contributed by atoms with Crippen molar-refractivity contribution in [3.8, 4) is 0 Å². The highest BCUT2D eigenvalue weighted by Crippen LogP contribution is 2.27. The normalized spacial score (nSPS) is 18.1. The number of nitrogens with zero attached hydrogens (tertiary/aromatic N) is 1. The highest BCUT2D eigenvalue weighted by Gasteiger charge is 2.31. The molecule has 0 radical (unpaired) electrons. The number of hydrogen-bond acceptors (Lipinski definition) is 3. The van der Waals surface area contributed by atoms with Gasteiger partial charge in [-0.15, -0.1) is 0 Å². The van der Waals surface area contributed by atoms with Crippen LogP contribution >= 0.6 is 15.9 Å². The van der Waals surface area contributed by atoms with E-state index in [-0.39, 0.29) is 11.8 Å². The van der Waals surface area contributed by atoms with E-state index in [1.165, 1.54) is 4.31 Å². The second kappa shape index (κ2) is 5.83. The zero-order chi connectivity index (χ0) is 14.9. The molecule has 1 aliphatic heterocycles. The van der Waals surface area contributed by atoms with Crippen LogP contribution in [0.15, 0.2) is 27.6 Å². The summed E-state index contributed by atoms with van der Waals surface area (Å²) in [6, 6.07) is 5.11. The van der Waals surface area contributed by atoms with E-state index in [4.69, 9.17) is 5.73 Å². The van der Waals surface area contributed by atoms with E-state index in [0.29, 0.717) is 36.4 Å². The van der Waals surface area contributed by atoms with E-state index < -0.39 is 10.0 Å². The third kappa shape index (κ3) is 3.05. The maximum atomic E-state index is 12.6. The molecule has 1 aliphatic rings. The molecule has 0 spiro atoms. The summed E-state index contributed by atoms with van der Waals surface area (Å²) < 4.78 is 27.5. The largest absolute Gasteiger partial charge is 0.369 e. The van der Waals surface area contributed by atoms with Crippen LogP contribution in [0.5, 0.6) is 0 Å². The number of benzene rings is 1. The Hall–Kier alpha value is -0.920. The molecule has 0 bridgehead atoms. The molecule has 0 aromatic heterocycles. The van der Waals surface area contributed by atoms with E-state index >= 15 is 0 Å². The third-order valence-corrected chi connectivity index (χ3v) is 6.16. The Morgan fingerprint density at radius 2 is 1.95 bits per heavy atom. The molecule has 5 nitrogen and oxygen atoms in total. The van der Waals surface area contributed by atoms with Crippen molar-refractivity contribution in [1.29, 1.82) is 0 Å². The lowest BCUT2D eigenvalue weighted by Gasteiger charge is -2.30. The van der Waals surface area contributed by atoms with Crippen LogP contribution in [0.3, 0.4) is 0 Å². The molecule has 0 atom stereocenters. The third-order valence-electron chi connectivity index (χ3n) is 3.61. The van der Waals surface area contributed by atoms with Crippen molar-refractivity contribution in [2.75, 3.05) is 13.1 Å². The van der Waals surface area contributed by atoms with Crippen molar-refractivity contribution in [2.45, 2.75) is 24.7 Å². The highest BCUT2D eigenvalue weighted by molar-refractivity contribution is 9.10. The number of hydrogen-bond donors (Lipinski definition) is 1. The zero-order valence-electron chi connectivity index (χ0n) is 11.2. The van der Waals surface area contributed by atoms with Crippen LogP contribution in [0.1, 0.15) is 18.4 Å². The van der Waals surface area contributed by atoms with Crippen LogP contribution in [0, 0.1) is 12.8 Å². The summed E-state index contributed by atoms with van der Waals surface area (Å²) in [5, 5.41) is 0. The Labute approximate surface area is 127 Å². The van der Waals surface area contributed by atoms with E-state index in [2.05, 4.69) is 15.9 Å². The van der Waals surface area contributed by atoms with Gasteiger partial charge in [0.15, 0.2) is 0 Å². The first-order chi connectivity index (χ1) is 9.32. The maximum absolute atomic E-state index is 12.6. The standard InChI is InChI=1S/C13H17BrN2O3S/c1-9-8-11(14)2-3-12(9)20(18,19)16-6-4-10(5-7-16)13(15)17/h2-3,8,10H,4-7H2,1H3,(H2,15,17). The molecule has 0 saturated carbocycles. The molecule has 0 aliphatic carbocycles. The SMILES string of the molecule is Cc1cc(Br)ccc1S(=O)(=O)N1CCC(C(N)=O)CC1. The molecular weight excluding hydrogens is 344 g/mol. The smallest absolute Gasteiger partial charge is 0.243 e. The lowest BCUT2D eigenvalue weighted by Crippen LogP contribution is -2.41. The van der Waals surface area contributed by atoms with Crippen LogP contribution in [0.25, 0.3) is 0 Å². The minimum atomic E-state index is -3.50. The maximum Gasteiger partial charge on any atom is 0.243 e. The molecule has 1 heterocycles. The summed E-state index contributed by atoms with van der Waals surface area (Å²) >= 11 is 3.32. The molecule has 1 amide bonds. The van der Waals surface area contributed by atoms with Crippen LogP contribution < -0.4 is 5.73 Å². The van der Waals surface area contributed by atoms with Gasteiger partial charge in [0.1, 0.15) is 0 Å². The highest BCUT2D eigenvalue weighted by atomic mass is 79.9. The minimum Gasteiger partial charge on any atom is -0.369 e. The first-order valence-electron chi connectivity index (χ1n) is 6.38. The molecule has 1 saturated heterocycles. The van der Waals surface area contributed by atoms with Crippen molar-refractivity contribution < 1.29 is 13.2 Å². The quantitative estimate of drug-likeness (QED) is 0.889. The average molecular weight is 361 g/mol. The summed E-state index contributed by atoms with van der Waals surface area (Å²) in [7, 11) is -3.50. The Morgan fingerprint density at radius 3 is 2.45 bits per heavy atom. The van der Waals surface area contributed by atoms with Gasteiger partial charge < -0.3 is 5.73 Å². The number of carbonyl (C=O) groups excluding carboxylic acids is 1. The molecule has 20 heavy (non-hydrogen) atoms. The Kier molecular flexibility index (Phi) is 4.51. The molecule has 7 heteroatoms. The second-order valence-electron chi connectivity index (χ2n) is 4.99. The first kappa shape index (κ1) is 15.5. The summed E-state index contributed by atoms with van der Waals surface area (Å²) in [6.45, 7) is 2.45. The second-order valence-corrected chi connectivity index (χ2v) is 7.81. The average Bonchev–Trinajstić information content (AvgIpc) is 2.38. The topological polar surface area (TPSA) is 80.5 Å². The molecule has 1 aromatic carbocycles. The summed E-state index contributed by atoms with van der Waals surface area (Å²) in [5.41, 5.74) is 5.97. The van der Waals surface area contributed by atoms with Crippen LogP contribution in [-0.2, 0) is 14.8 Å². The van der Waals surface area contributed by atoms with E-state index in [9.17, 15) is 13.2 Å². The summed E-state index contributed by atoms with van der Waals surface area (Å²) in [6.07, 6.45) is 0.980. The number of carbonyl (C=O) groups is 1. The molecule has 2 N–H and O–H groups in total. The zero-order valence-corrected chi connectivity index (χ0v) is 13.6. The number of sulfonamides is 1. The Balaban J connectivity index is 2.22. The van der Waals surface area contributed by atoms with Crippen molar-refractivity contribution in [3.63, 3.8) is 0 Å². The van der Waals surface area contributed by atoms with Gasteiger partial charge in [-0.05, 0) is 43.5 Å². The number of piperidine rings is 1. The van der Waals surface area contributed by atoms with Gasteiger partial charge in [-0.25, -0.2) is 8.42 Å². The lowest BCUT2D eigenvalue weighted by molar-refractivity contribution is -0.122. The van der Waals surface area contributed by atoms with E-state index in [0.717, 1.165) is 4.47 Å². The van der Waals surface area contributed by atoms with Crippen molar-refractivity contribution in [3.05, 3.63) is 28.2 Å². The van der Waals surface area contributed by atoms with Gasteiger partial charge in [0.2, 0.25) is 15.9 Å². The van der Waals surface area contributed by atoms with Gasteiger partial charge in [0, 0.05) is 23.5 Å². The van der Waals surface area contributed by atoms with Crippen molar-refractivity contribution >= 4 is 31.9 Å². The van der Waals surface area contributed by atoms with Crippen molar-refractivity contribution in [1.82, 2.24) is 4.31 Å². The molecule has 2 rings (SSSR count). The number of nitrogens with two attached hydrogens (primary N) is 1. The number of amides is 1. The van der Waals surface area contributed by atoms with E-state index in [1.54, 1.807) is 25.1 Å². The van der Waals surface area contributed by atoms with Gasteiger partial charge in [-0.1, -0.05) is 15.9 Å². The number of rotatable bonds is 3. The fourth-order valence-electron chi connectivity index (χ4n) is 2.42. The van der Waals surface area contributed by atoms with Crippen LogP contribution in [-0.4, -0.2) is 31.7 Å². The summed E-state index contributed by atoms with van der Waals surface area (Å²) in [4.78, 5) is 11.4. The molecular formula is C13H17BrN2O3S. The van der Waals surface area contributed by atoms with Gasteiger partial charge in [0.05, 0.1) is 4.90 Å². The number of primary amides is 1. The molecule has 1 fully saturated rings. The predicted molar refractivity (Wildman–Crippen MR) is 79.6 cm³/mol. The summed E-state index contributed by atoms with van der Waals surface area (Å²) in [5.74, 6) is -0.561. The van der Waals surface area contributed by atoms with Crippen LogP contribution in [0.4, 0.5) is 0 Å². The first-order valence-corrected chi connectivity index (χ1v) is 8.61. The van der Waals surface area contributed by atoms with Gasteiger partial charge in [0.25, 0.3) is 0 Å². The fraction of sp³-hybridized carbons (Fsp3) is 0.462. The number of halogens is 1. The molecule has 1 aromatic rings. The van der Waals surface area contributed by atoms with Crippen molar-refractivity contribution in [2.24, 2.45) is 11.7 Å². The Morgan fingerprint density at radius 1 is 1.35 bits per heavy atom. The Bertz CT molecular complexity index is 623. The van der Waals surface area contributed by atoms with Crippen LogP contribution in [0.2, 0.25) is 0 Å². The lowest BCUT2D eigenvalue weighted by atomic mass is 9.98. The molecule has 110 valence electrons. The van der Waals surface area contributed by atoms with Gasteiger partial charge in [-0.3, -0.25) is 4.79 Å². The number of aryl methyl sites for hydroxylation is 1. The fourth-order valence-corrected chi connectivity index (χ4v) is 4.57. The van der Waals surface area contributed by atoms with E-state index in [1.807, 2.05) is 0 Å².